The summed E-state index contributed by atoms with van der Waals surface area (Å²) in [7, 11) is 0. The third-order valence-electron chi connectivity index (χ3n) is 3.76. The lowest BCUT2D eigenvalue weighted by atomic mass is 10.1. The van der Waals surface area contributed by atoms with Crippen LogP contribution in [0.5, 0.6) is 11.5 Å². The van der Waals surface area contributed by atoms with E-state index in [-0.39, 0.29) is 11.4 Å². The van der Waals surface area contributed by atoms with Gasteiger partial charge in [0.15, 0.2) is 5.75 Å². The molecule has 0 saturated heterocycles. The van der Waals surface area contributed by atoms with E-state index in [4.69, 9.17) is 4.74 Å². The molecule has 28 heavy (non-hydrogen) atoms. The van der Waals surface area contributed by atoms with E-state index in [1.54, 1.807) is 48.5 Å². The molecule has 0 saturated carbocycles. The zero-order valence-corrected chi connectivity index (χ0v) is 14.6. The van der Waals surface area contributed by atoms with E-state index in [2.05, 4.69) is 5.32 Å². The highest BCUT2D eigenvalue weighted by molar-refractivity contribution is 6.02. The summed E-state index contributed by atoms with van der Waals surface area (Å²) in [6.07, 6.45) is -1.72. The Labute approximate surface area is 160 Å². The number of benzene rings is 3. The topological polar surface area (TPSA) is 38.3 Å². The van der Waals surface area contributed by atoms with Gasteiger partial charge >= 0.3 is 6.18 Å². The van der Waals surface area contributed by atoms with Gasteiger partial charge in [-0.3, -0.25) is 4.79 Å². The van der Waals surface area contributed by atoms with Crippen LogP contribution in [-0.4, -0.2) is 5.91 Å². The standard InChI is InChI=1S/C22H16F3NO2/c23-22(24,25)17-12-13-20(28-18-9-5-2-6-10-18)19(15-17)26-21(27)14-11-16-7-3-1-4-8-16/h1-15H,(H,26,27)/b14-11+. The predicted molar refractivity (Wildman–Crippen MR) is 102 cm³/mol. The van der Waals surface area contributed by atoms with Crippen LogP contribution in [0, 0.1) is 0 Å². The summed E-state index contributed by atoms with van der Waals surface area (Å²) >= 11 is 0. The van der Waals surface area contributed by atoms with Crippen LogP contribution in [0.3, 0.4) is 0 Å². The van der Waals surface area contributed by atoms with Gasteiger partial charge in [-0.05, 0) is 42.0 Å². The fourth-order valence-electron chi connectivity index (χ4n) is 2.42. The van der Waals surface area contributed by atoms with E-state index in [1.165, 1.54) is 12.1 Å². The summed E-state index contributed by atoms with van der Waals surface area (Å²) < 4.78 is 44.8. The molecule has 0 unspecified atom stereocenters. The molecule has 0 atom stereocenters. The highest BCUT2D eigenvalue weighted by Crippen LogP contribution is 2.36. The van der Waals surface area contributed by atoms with Gasteiger partial charge in [0, 0.05) is 6.08 Å². The minimum absolute atomic E-state index is 0.0682. The van der Waals surface area contributed by atoms with Crippen molar-refractivity contribution >= 4 is 17.7 Å². The number of ether oxygens (including phenoxy) is 1. The average Bonchev–Trinajstić information content (AvgIpc) is 2.68. The molecule has 0 aliphatic rings. The molecule has 0 fully saturated rings. The van der Waals surface area contributed by atoms with Crippen LogP contribution >= 0.6 is 0 Å². The van der Waals surface area contributed by atoms with E-state index in [1.807, 2.05) is 18.2 Å². The molecule has 0 aliphatic carbocycles. The normalized spacial score (nSPS) is 11.4. The fraction of sp³-hybridized carbons (Fsp3) is 0.0455. The van der Waals surface area contributed by atoms with Crippen molar-refractivity contribution in [2.24, 2.45) is 0 Å². The monoisotopic (exact) mass is 383 g/mol. The largest absolute Gasteiger partial charge is 0.455 e. The van der Waals surface area contributed by atoms with Gasteiger partial charge in [0.05, 0.1) is 11.3 Å². The number of anilines is 1. The maximum atomic E-state index is 13.1. The third kappa shape index (κ3) is 5.23. The number of nitrogens with one attached hydrogen (secondary N) is 1. The molecule has 0 bridgehead atoms. The SMILES string of the molecule is O=C(/C=C/c1ccccc1)Nc1cc(C(F)(F)F)ccc1Oc1ccccc1. The number of halogens is 3. The number of hydrogen-bond acceptors (Lipinski definition) is 2. The Morgan fingerprint density at radius 2 is 1.54 bits per heavy atom. The second-order valence-corrected chi connectivity index (χ2v) is 5.86. The molecule has 0 aliphatic heterocycles. The lowest BCUT2D eigenvalue weighted by Gasteiger charge is -2.14. The van der Waals surface area contributed by atoms with E-state index >= 15 is 0 Å². The summed E-state index contributed by atoms with van der Waals surface area (Å²) in [6.45, 7) is 0. The summed E-state index contributed by atoms with van der Waals surface area (Å²) in [5.74, 6) is -0.0145. The van der Waals surface area contributed by atoms with Gasteiger partial charge in [-0.1, -0.05) is 48.5 Å². The van der Waals surface area contributed by atoms with Crippen molar-refractivity contribution in [3.05, 3.63) is 96.1 Å². The lowest BCUT2D eigenvalue weighted by Crippen LogP contribution is -2.11. The summed E-state index contributed by atoms with van der Waals surface area (Å²) in [5, 5.41) is 2.46. The number of para-hydroxylation sites is 1. The summed E-state index contributed by atoms with van der Waals surface area (Å²) in [4.78, 5) is 12.2. The van der Waals surface area contributed by atoms with Crippen molar-refractivity contribution in [2.75, 3.05) is 5.32 Å². The summed E-state index contributed by atoms with van der Waals surface area (Å²) in [6, 6.07) is 20.6. The van der Waals surface area contributed by atoms with E-state index in [0.717, 1.165) is 17.7 Å². The summed E-state index contributed by atoms with van der Waals surface area (Å²) in [5.41, 5.74) is -0.154. The fourth-order valence-corrected chi connectivity index (χ4v) is 2.42. The molecule has 1 N–H and O–H groups in total. The van der Waals surface area contributed by atoms with Gasteiger partial charge in [0.25, 0.3) is 0 Å². The number of carbonyl (C=O) groups is 1. The van der Waals surface area contributed by atoms with Crippen LogP contribution in [0.15, 0.2) is 84.9 Å². The van der Waals surface area contributed by atoms with Crippen molar-refractivity contribution in [1.29, 1.82) is 0 Å². The number of alkyl halides is 3. The van der Waals surface area contributed by atoms with Crippen molar-refractivity contribution in [3.8, 4) is 11.5 Å². The number of rotatable bonds is 5. The number of carbonyl (C=O) groups excluding carboxylic acids is 1. The van der Waals surface area contributed by atoms with Gasteiger partial charge in [0.2, 0.25) is 5.91 Å². The zero-order chi connectivity index (χ0) is 20.0. The zero-order valence-electron chi connectivity index (χ0n) is 14.6. The van der Waals surface area contributed by atoms with Crippen LogP contribution in [0.25, 0.3) is 6.08 Å². The first-order chi connectivity index (χ1) is 13.4. The first-order valence-corrected chi connectivity index (χ1v) is 8.40. The second kappa shape index (κ2) is 8.43. The first kappa shape index (κ1) is 19.2. The van der Waals surface area contributed by atoms with E-state index in [0.29, 0.717) is 5.75 Å². The van der Waals surface area contributed by atoms with Crippen molar-refractivity contribution < 1.29 is 22.7 Å². The quantitative estimate of drug-likeness (QED) is 0.537. The minimum Gasteiger partial charge on any atom is -0.455 e. The molecular formula is C22H16F3NO2. The Morgan fingerprint density at radius 3 is 2.18 bits per heavy atom. The van der Waals surface area contributed by atoms with Gasteiger partial charge < -0.3 is 10.1 Å². The molecule has 0 spiro atoms. The maximum absolute atomic E-state index is 13.1. The molecule has 0 aromatic heterocycles. The van der Waals surface area contributed by atoms with Crippen LogP contribution in [0.4, 0.5) is 18.9 Å². The van der Waals surface area contributed by atoms with Gasteiger partial charge in [-0.25, -0.2) is 0 Å². The predicted octanol–water partition coefficient (Wildman–Crippen LogP) is 6.15. The molecular weight excluding hydrogens is 367 g/mol. The van der Waals surface area contributed by atoms with Gasteiger partial charge in [-0.15, -0.1) is 0 Å². The average molecular weight is 383 g/mol. The number of hydrogen-bond donors (Lipinski definition) is 1. The maximum Gasteiger partial charge on any atom is 0.416 e. The van der Waals surface area contributed by atoms with Crippen LogP contribution in [0.2, 0.25) is 0 Å². The Morgan fingerprint density at radius 1 is 0.893 bits per heavy atom. The molecule has 142 valence electrons. The van der Waals surface area contributed by atoms with Gasteiger partial charge in [0.1, 0.15) is 5.75 Å². The molecule has 0 heterocycles. The van der Waals surface area contributed by atoms with Crippen molar-refractivity contribution in [3.63, 3.8) is 0 Å². The Hall–Kier alpha value is -3.54. The van der Waals surface area contributed by atoms with E-state index < -0.39 is 17.6 Å². The van der Waals surface area contributed by atoms with E-state index in [9.17, 15) is 18.0 Å². The smallest absolute Gasteiger partial charge is 0.416 e. The third-order valence-corrected chi connectivity index (χ3v) is 3.76. The number of amides is 1. The molecule has 0 radical (unpaired) electrons. The van der Waals surface area contributed by atoms with Crippen LogP contribution in [-0.2, 0) is 11.0 Å². The highest BCUT2D eigenvalue weighted by atomic mass is 19.4. The van der Waals surface area contributed by atoms with Crippen LogP contribution < -0.4 is 10.1 Å². The Bertz CT molecular complexity index is 968. The van der Waals surface area contributed by atoms with Crippen LogP contribution in [0.1, 0.15) is 11.1 Å². The first-order valence-electron chi connectivity index (χ1n) is 8.40. The molecule has 3 nitrogen and oxygen atoms in total. The minimum atomic E-state index is -4.54. The van der Waals surface area contributed by atoms with Crippen molar-refractivity contribution in [1.82, 2.24) is 0 Å². The Kier molecular flexibility index (Phi) is 5.79. The molecule has 3 rings (SSSR count). The molecule has 3 aromatic carbocycles. The molecule has 3 aromatic rings. The molecule has 6 heteroatoms. The van der Waals surface area contributed by atoms with Crippen molar-refractivity contribution in [2.45, 2.75) is 6.18 Å². The van der Waals surface area contributed by atoms with Gasteiger partial charge in [-0.2, -0.15) is 13.2 Å². The highest BCUT2D eigenvalue weighted by Gasteiger charge is 2.31. The molecule has 1 amide bonds. The second-order valence-electron chi connectivity index (χ2n) is 5.86. The lowest BCUT2D eigenvalue weighted by molar-refractivity contribution is -0.137. The Balaban J connectivity index is 1.85.